The van der Waals surface area contributed by atoms with Gasteiger partial charge in [0.15, 0.2) is 0 Å². The smallest absolute Gasteiger partial charge is 0.0449 e. The van der Waals surface area contributed by atoms with E-state index in [9.17, 15) is 0 Å². The van der Waals surface area contributed by atoms with Crippen molar-refractivity contribution in [2.45, 2.75) is 25.7 Å². The minimum atomic E-state index is 1.06. The minimum Gasteiger partial charge on any atom is -0.134 e. The first-order valence-corrected chi connectivity index (χ1v) is 25.6. The molecule has 0 fully saturated rings. The number of fused-ring (bicyclic) bond motifs is 7. The first-order valence-electron chi connectivity index (χ1n) is 23.9. The molecule has 2 heteroatoms. The SMILES string of the molecule is C1=Cc2ccc(-c3c4c(c(-c5ccc(-c6ccc(-c7ccc8c(-c9ccc%10ccccc%10c9)c9ccccc9c(-c9ccc%10ccccc%10c9)c8c7)s6)s5)c5ccccc35)=CCCC=4)cc2CC1. The molecule has 2 aromatic heterocycles. The molecular formula is C66H44S2. The van der Waals surface area contributed by atoms with Crippen molar-refractivity contribution in [1.29, 1.82) is 0 Å². The molecule has 0 aliphatic heterocycles. The third-order valence-electron chi connectivity index (χ3n) is 14.6. The fourth-order valence-corrected chi connectivity index (χ4v) is 13.6. The predicted molar refractivity (Wildman–Crippen MR) is 297 cm³/mol. The molecule has 2 aliphatic rings. The van der Waals surface area contributed by atoms with Crippen LogP contribution in [0.2, 0.25) is 0 Å². The lowest BCUT2D eigenvalue weighted by atomic mass is 9.84. The second-order valence-corrected chi connectivity index (χ2v) is 20.6. The van der Waals surface area contributed by atoms with Crippen LogP contribution in [0, 0.1) is 0 Å². The van der Waals surface area contributed by atoms with E-state index in [4.69, 9.17) is 0 Å². The maximum Gasteiger partial charge on any atom is 0.0449 e. The Labute approximate surface area is 403 Å². The largest absolute Gasteiger partial charge is 0.134 e. The van der Waals surface area contributed by atoms with E-state index >= 15 is 0 Å². The highest BCUT2D eigenvalue weighted by atomic mass is 32.1. The lowest BCUT2D eigenvalue weighted by molar-refractivity contribution is 0.986. The van der Waals surface area contributed by atoms with Gasteiger partial charge >= 0.3 is 0 Å². The third kappa shape index (κ3) is 6.47. The lowest BCUT2D eigenvalue weighted by Crippen LogP contribution is -2.31. The third-order valence-corrected chi connectivity index (χ3v) is 17.0. The molecule has 0 saturated heterocycles. The number of aryl methyl sites for hydroxylation is 1. The summed E-state index contributed by atoms with van der Waals surface area (Å²) in [6, 6.07) is 73.3. The monoisotopic (exact) mass is 900 g/mol. The van der Waals surface area contributed by atoms with Crippen LogP contribution in [0.25, 0.3) is 136 Å². The Morgan fingerprint density at radius 2 is 0.794 bits per heavy atom. The fourth-order valence-electron chi connectivity index (χ4n) is 11.4. The summed E-state index contributed by atoms with van der Waals surface area (Å²) >= 11 is 3.83. The highest BCUT2D eigenvalue weighted by molar-refractivity contribution is 7.25. The van der Waals surface area contributed by atoms with Gasteiger partial charge in [0.1, 0.15) is 0 Å². The van der Waals surface area contributed by atoms with Gasteiger partial charge in [0, 0.05) is 25.1 Å². The summed E-state index contributed by atoms with van der Waals surface area (Å²) < 4.78 is 0. The quantitative estimate of drug-likeness (QED) is 0.146. The summed E-state index contributed by atoms with van der Waals surface area (Å²) in [6.07, 6.45) is 14.0. The van der Waals surface area contributed by atoms with Crippen molar-refractivity contribution in [3.63, 3.8) is 0 Å². The Balaban J connectivity index is 0.909. The van der Waals surface area contributed by atoms with Gasteiger partial charge in [-0.25, -0.2) is 0 Å². The molecule has 0 atom stereocenters. The van der Waals surface area contributed by atoms with Crippen LogP contribution >= 0.6 is 22.7 Å². The highest BCUT2D eigenvalue weighted by Crippen LogP contribution is 2.48. The number of thiophene rings is 2. The Hall–Kier alpha value is -7.62. The number of benzene rings is 10. The van der Waals surface area contributed by atoms with E-state index < -0.39 is 0 Å². The summed E-state index contributed by atoms with van der Waals surface area (Å²) in [5.41, 5.74) is 13.2. The van der Waals surface area contributed by atoms with E-state index in [-0.39, 0.29) is 0 Å². The fraction of sp³-hybridized carbons (Fsp3) is 0.0606. The van der Waals surface area contributed by atoms with Gasteiger partial charge in [-0.2, -0.15) is 0 Å². The molecule has 12 aromatic rings. The van der Waals surface area contributed by atoms with Gasteiger partial charge in [0.25, 0.3) is 0 Å². The molecule has 0 nitrogen and oxygen atoms in total. The molecule has 0 spiro atoms. The van der Waals surface area contributed by atoms with Gasteiger partial charge in [-0.1, -0.05) is 176 Å². The van der Waals surface area contributed by atoms with E-state index in [1.807, 2.05) is 22.7 Å². The van der Waals surface area contributed by atoms with Crippen LogP contribution in [-0.2, 0) is 6.42 Å². The van der Waals surface area contributed by atoms with Crippen LogP contribution in [0.15, 0.2) is 200 Å². The molecule has 0 bridgehead atoms. The molecular weight excluding hydrogens is 857 g/mol. The predicted octanol–water partition coefficient (Wildman–Crippen LogP) is 17.9. The molecule has 14 rings (SSSR count). The first-order chi connectivity index (χ1) is 33.7. The van der Waals surface area contributed by atoms with E-state index in [1.54, 1.807) is 0 Å². The second-order valence-electron chi connectivity index (χ2n) is 18.5. The van der Waals surface area contributed by atoms with Gasteiger partial charge in [-0.15, -0.1) is 22.7 Å². The topological polar surface area (TPSA) is 0 Å². The van der Waals surface area contributed by atoms with E-state index in [0.29, 0.717) is 0 Å². The number of hydrogen-bond acceptors (Lipinski definition) is 2. The summed E-state index contributed by atoms with van der Waals surface area (Å²) in [7, 11) is 0. The average molecular weight is 901 g/mol. The van der Waals surface area contributed by atoms with Crippen molar-refractivity contribution in [2.75, 3.05) is 0 Å². The average Bonchev–Trinajstić information content (AvgIpc) is 4.10. The maximum absolute atomic E-state index is 2.50. The molecule has 0 unspecified atom stereocenters. The normalized spacial score (nSPS) is 13.2. The number of allylic oxidation sites excluding steroid dienone is 1. The molecule has 0 radical (unpaired) electrons. The minimum absolute atomic E-state index is 1.06. The molecule has 0 saturated carbocycles. The van der Waals surface area contributed by atoms with Crippen LogP contribution in [0.1, 0.15) is 30.4 Å². The summed E-state index contributed by atoms with van der Waals surface area (Å²) in [6.45, 7) is 0. The summed E-state index contributed by atoms with van der Waals surface area (Å²) in [4.78, 5) is 5.21. The van der Waals surface area contributed by atoms with Crippen LogP contribution in [-0.4, -0.2) is 0 Å². The molecule has 10 aromatic carbocycles. The van der Waals surface area contributed by atoms with Crippen molar-refractivity contribution in [3.8, 4) is 64.0 Å². The van der Waals surface area contributed by atoms with Gasteiger partial charge in [0.05, 0.1) is 0 Å². The van der Waals surface area contributed by atoms with Crippen LogP contribution in [0.4, 0.5) is 0 Å². The summed E-state index contributed by atoms with van der Waals surface area (Å²) in [5.74, 6) is 0. The van der Waals surface area contributed by atoms with Gasteiger partial charge in [0.2, 0.25) is 0 Å². The Morgan fingerprint density at radius 3 is 1.47 bits per heavy atom. The zero-order valence-electron chi connectivity index (χ0n) is 37.4. The van der Waals surface area contributed by atoms with Crippen molar-refractivity contribution in [2.24, 2.45) is 0 Å². The molecule has 68 heavy (non-hydrogen) atoms. The van der Waals surface area contributed by atoms with Crippen LogP contribution in [0.5, 0.6) is 0 Å². The van der Waals surface area contributed by atoms with E-state index in [2.05, 4.69) is 218 Å². The van der Waals surface area contributed by atoms with Gasteiger partial charge in [-0.3, -0.25) is 0 Å². The Kier molecular flexibility index (Phi) is 9.32. The zero-order chi connectivity index (χ0) is 44.7. The lowest BCUT2D eigenvalue weighted by Gasteiger charge is -2.19. The van der Waals surface area contributed by atoms with Crippen molar-refractivity contribution >= 4 is 94.8 Å². The Bertz CT molecular complexity index is 4210. The van der Waals surface area contributed by atoms with E-state index in [1.165, 1.54) is 139 Å². The first kappa shape index (κ1) is 39.5. The highest BCUT2D eigenvalue weighted by Gasteiger charge is 2.21. The molecule has 320 valence electrons. The summed E-state index contributed by atoms with van der Waals surface area (Å²) in [5, 5.41) is 15.5. The van der Waals surface area contributed by atoms with Crippen molar-refractivity contribution in [1.82, 2.24) is 0 Å². The maximum atomic E-state index is 2.50. The van der Waals surface area contributed by atoms with Crippen molar-refractivity contribution in [3.05, 3.63) is 222 Å². The van der Waals surface area contributed by atoms with Gasteiger partial charge < -0.3 is 0 Å². The standard InChI is InChI=1S/C66H44S2/c1-4-16-44-37-48(28-25-41(44)13-1)63-53-21-9-11-23-55(53)66(56-24-12-10-22-54(56)63)62-36-35-61(68-62)60-34-33-59(67-60)47-31-32-57-58(40-47)65(50-30-27-43-15-3-6-18-46(43)39-50)52-20-8-7-19-51(52)64(57)49-29-26-42-14-2-5-17-45(42)38-49/h1-3,5-9,11,13-15,17-40H,4,10,12,16H2. The number of rotatable bonds is 6. The van der Waals surface area contributed by atoms with Crippen LogP contribution in [0.3, 0.4) is 0 Å². The number of hydrogen-bond donors (Lipinski definition) is 0. The second kappa shape index (κ2) is 16.0. The molecule has 2 heterocycles. The van der Waals surface area contributed by atoms with E-state index in [0.717, 1.165) is 25.7 Å². The van der Waals surface area contributed by atoms with Gasteiger partial charge in [-0.05, 0) is 183 Å². The Morgan fingerprint density at radius 1 is 0.309 bits per heavy atom. The molecule has 2 aliphatic carbocycles. The molecule has 0 N–H and O–H groups in total. The molecule has 0 amide bonds. The zero-order valence-corrected chi connectivity index (χ0v) is 39.1. The van der Waals surface area contributed by atoms with Crippen molar-refractivity contribution < 1.29 is 0 Å². The van der Waals surface area contributed by atoms with Crippen LogP contribution < -0.4 is 10.4 Å².